The summed E-state index contributed by atoms with van der Waals surface area (Å²) in [6, 6.07) is 7.52. The standard InChI is InChI=1S/C22H30N4O3/c1-16-8-13-25(14-9-16)18-6-4-17(5-7-18)23-19(27)10-15-26-20(28)22(24-21(26)29)11-2-3-12-22/h4-7,16H,2-3,8-15H2,1H3,(H,23,27)(H,24,29). The van der Waals surface area contributed by atoms with Gasteiger partial charge in [0.25, 0.3) is 5.91 Å². The first kappa shape index (κ1) is 19.7. The van der Waals surface area contributed by atoms with Crippen molar-refractivity contribution in [1.82, 2.24) is 10.2 Å². The number of urea groups is 1. The highest BCUT2D eigenvalue weighted by Gasteiger charge is 2.52. The van der Waals surface area contributed by atoms with Gasteiger partial charge >= 0.3 is 6.03 Å². The molecular weight excluding hydrogens is 368 g/mol. The highest BCUT2D eigenvalue weighted by molar-refractivity contribution is 6.07. The minimum absolute atomic E-state index is 0.0982. The number of nitrogens with zero attached hydrogens (tertiary/aromatic N) is 2. The van der Waals surface area contributed by atoms with Gasteiger partial charge in [0.05, 0.1) is 0 Å². The SMILES string of the molecule is CC1CCN(c2ccc(NC(=O)CCN3C(=O)NC4(CCCC4)C3=O)cc2)CC1. The van der Waals surface area contributed by atoms with Crippen LogP contribution < -0.4 is 15.5 Å². The Labute approximate surface area is 171 Å². The second-order valence-corrected chi connectivity index (χ2v) is 8.69. The van der Waals surface area contributed by atoms with Crippen molar-refractivity contribution in [3.8, 4) is 0 Å². The number of nitrogens with one attached hydrogen (secondary N) is 2. The molecule has 4 rings (SSSR count). The van der Waals surface area contributed by atoms with Gasteiger partial charge in [-0.2, -0.15) is 0 Å². The normalized spacial score (nSPS) is 21.7. The van der Waals surface area contributed by atoms with E-state index >= 15 is 0 Å². The lowest BCUT2D eigenvalue weighted by atomic mass is 9.98. The molecule has 3 fully saturated rings. The second-order valence-electron chi connectivity index (χ2n) is 8.69. The molecule has 2 aliphatic heterocycles. The Kier molecular flexibility index (Phi) is 5.48. The summed E-state index contributed by atoms with van der Waals surface area (Å²) in [6.45, 7) is 4.55. The minimum Gasteiger partial charge on any atom is -0.372 e. The van der Waals surface area contributed by atoms with Crippen molar-refractivity contribution in [3.05, 3.63) is 24.3 Å². The van der Waals surface area contributed by atoms with Gasteiger partial charge in [-0.3, -0.25) is 14.5 Å². The molecule has 3 aliphatic rings. The Hall–Kier alpha value is -2.57. The maximum absolute atomic E-state index is 12.6. The van der Waals surface area contributed by atoms with Crippen molar-refractivity contribution < 1.29 is 14.4 Å². The second kappa shape index (κ2) is 8.05. The predicted molar refractivity (Wildman–Crippen MR) is 112 cm³/mol. The first-order chi connectivity index (χ1) is 14.0. The highest BCUT2D eigenvalue weighted by atomic mass is 16.2. The third-order valence-corrected chi connectivity index (χ3v) is 6.57. The summed E-state index contributed by atoms with van der Waals surface area (Å²) in [5, 5.41) is 5.71. The van der Waals surface area contributed by atoms with E-state index in [2.05, 4.69) is 22.5 Å². The first-order valence-electron chi connectivity index (χ1n) is 10.8. The molecule has 0 unspecified atom stereocenters. The van der Waals surface area contributed by atoms with Crippen LogP contribution in [-0.2, 0) is 9.59 Å². The van der Waals surface area contributed by atoms with Crippen molar-refractivity contribution in [1.29, 1.82) is 0 Å². The molecule has 0 aromatic heterocycles. The van der Waals surface area contributed by atoms with Crippen LogP contribution in [0.1, 0.15) is 51.9 Å². The lowest BCUT2D eigenvalue weighted by molar-refractivity contribution is -0.131. The van der Waals surface area contributed by atoms with Crippen molar-refractivity contribution in [2.75, 3.05) is 29.9 Å². The van der Waals surface area contributed by atoms with Gasteiger partial charge in [0.15, 0.2) is 0 Å². The largest absolute Gasteiger partial charge is 0.372 e. The van der Waals surface area contributed by atoms with Gasteiger partial charge in [-0.05, 0) is 55.9 Å². The molecule has 1 aromatic carbocycles. The summed E-state index contributed by atoms with van der Waals surface area (Å²) in [4.78, 5) is 40.7. The number of hydrogen-bond acceptors (Lipinski definition) is 4. The average Bonchev–Trinajstić information content (AvgIpc) is 3.27. The van der Waals surface area contributed by atoms with Crippen LogP contribution in [0.5, 0.6) is 0 Å². The fourth-order valence-electron chi connectivity index (χ4n) is 4.66. The zero-order valence-corrected chi connectivity index (χ0v) is 17.1. The van der Waals surface area contributed by atoms with Gasteiger partial charge in [0.2, 0.25) is 5.91 Å². The molecule has 156 valence electrons. The Balaban J connectivity index is 1.28. The topological polar surface area (TPSA) is 81.8 Å². The van der Waals surface area contributed by atoms with E-state index in [1.165, 1.54) is 23.4 Å². The van der Waals surface area contributed by atoms with Gasteiger partial charge in [-0.15, -0.1) is 0 Å². The van der Waals surface area contributed by atoms with E-state index < -0.39 is 5.54 Å². The number of anilines is 2. The predicted octanol–water partition coefficient (Wildman–Crippen LogP) is 3.12. The van der Waals surface area contributed by atoms with Crippen LogP contribution in [0.2, 0.25) is 0 Å². The van der Waals surface area contributed by atoms with Crippen molar-refractivity contribution >= 4 is 29.2 Å². The molecule has 2 heterocycles. The van der Waals surface area contributed by atoms with Gasteiger partial charge in [0, 0.05) is 37.4 Å². The summed E-state index contributed by atoms with van der Waals surface area (Å²) in [6.07, 6.45) is 5.82. The number of piperidine rings is 1. The third kappa shape index (κ3) is 4.09. The minimum atomic E-state index is -0.713. The number of carbonyl (C=O) groups is 3. The number of imide groups is 1. The molecule has 1 saturated carbocycles. The maximum atomic E-state index is 12.6. The number of amides is 4. The van der Waals surface area contributed by atoms with E-state index in [1.54, 1.807) is 0 Å². The Morgan fingerprint density at radius 1 is 1.14 bits per heavy atom. The Morgan fingerprint density at radius 3 is 2.45 bits per heavy atom. The van der Waals surface area contributed by atoms with Crippen LogP contribution in [0.4, 0.5) is 16.2 Å². The van der Waals surface area contributed by atoms with Crippen LogP contribution in [0.3, 0.4) is 0 Å². The van der Waals surface area contributed by atoms with E-state index in [0.29, 0.717) is 12.8 Å². The average molecular weight is 399 g/mol. The molecule has 1 aromatic rings. The zero-order chi connectivity index (χ0) is 20.4. The smallest absolute Gasteiger partial charge is 0.325 e. The molecule has 4 amide bonds. The van der Waals surface area contributed by atoms with E-state index in [0.717, 1.165) is 37.5 Å². The number of hydrogen-bond donors (Lipinski definition) is 2. The summed E-state index contributed by atoms with van der Waals surface area (Å²) in [7, 11) is 0. The highest BCUT2D eigenvalue weighted by Crippen LogP contribution is 2.35. The van der Waals surface area contributed by atoms with Crippen LogP contribution >= 0.6 is 0 Å². The molecule has 0 bridgehead atoms. The number of carbonyl (C=O) groups excluding carboxylic acids is 3. The van der Waals surface area contributed by atoms with Gasteiger partial charge in [-0.25, -0.2) is 4.79 Å². The Morgan fingerprint density at radius 2 is 1.79 bits per heavy atom. The van der Waals surface area contributed by atoms with Crippen molar-refractivity contribution in [2.24, 2.45) is 5.92 Å². The molecule has 29 heavy (non-hydrogen) atoms. The van der Waals surface area contributed by atoms with Gasteiger partial charge in [0.1, 0.15) is 5.54 Å². The number of rotatable bonds is 5. The van der Waals surface area contributed by atoms with E-state index in [9.17, 15) is 14.4 Å². The van der Waals surface area contributed by atoms with Crippen LogP contribution in [-0.4, -0.2) is 47.9 Å². The van der Waals surface area contributed by atoms with E-state index in [-0.39, 0.29) is 30.8 Å². The van der Waals surface area contributed by atoms with Crippen LogP contribution in [0, 0.1) is 5.92 Å². The Bertz CT molecular complexity index is 778. The summed E-state index contributed by atoms with van der Waals surface area (Å²) >= 11 is 0. The van der Waals surface area contributed by atoms with Gasteiger partial charge < -0.3 is 15.5 Å². The fourth-order valence-corrected chi connectivity index (χ4v) is 4.66. The van der Waals surface area contributed by atoms with Crippen molar-refractivity contribution in [3.63, 3.8) is 0 Å². The summed E-state index contributed by atoms with van der Waals surface area (Å²) in [5.41, 5.74) is 1.19. The molecule has 7 heteroatoms. The quantitative estimate of drug-likeness (QED) is 0.747. The molecular formula is C22H30N4O3. The first-order valence-corrected chi connectivity index (χ1v) is 10.8. The van der Waals surface area contributed by atoms with E-state index in [1.807, 2.05) is 24.3 Å². The third-order valence-electron chi connectivity index (χ3n) is 6.57. The lowest BCUT2D eigenvalue weighted by Crippen LogP contribution is -2.44. The fraction of sp³-hybridized carbons (Fsp3) is 0.591. The van der Waals surface area contributed by atoms with Gasteiger partial charge in [-0.1, -0.05) is 19.8 Å². The lowest BCUT2D eigenvalue weighted by Gasteiger charge is -2.32. The molecule has 1 aliphatic carbocycles. The number of benzene rings is 1. The van der Waals surface area contributed by atoms with Crippen LogP contribution in [0.15, 0.2) is 24.3 Å². The monoisotopic (exact) mass is 398 g/mol. The molecule has 2 N–H and O–H groups in total. The molecule has 2 saturated heterocycles. The summed E-state index contributed by atoms with van der Waals surface area (Å²) in [5.74, 6) is 0.420. The summed E-state index contributed by atoms with van der Waals surface area (Å²) < 4.78 is 0. The molecule has 1 spiro atoms. The maximum Gasteiger partial charge on any atom is 0.325 e. The zero-order valence-electron chi connectivity index (χ0n) is 17.1. The molecule has 0 radical (unpaired) electrons. The molecule has 7 nitrogen and oxygen atoms in total. The van der Waals surface area contributed by atoms with E-state index in [4.69, 9.17) is 0 Å². The molecule has 0 atom stereocenters. The van der Waals surface area contributed by atoms with Crippen molar-refractivity contribution in [2.45, 2.75) is 57.4 Å². The van der Waals surface area contributed by atoms with Crippen LogP contribution in [0.25, 0.3) is 0 Å².